The van der Waals surface area contributed by atoms with Crippen molar-refractivity contribution in [1.29, 1.82) is 0 Å². The number of pyridine rings is 1. The van der Waals surface area contributed by atoms with Gasteiger partial charge in [0.15, 0.2) is 5.96 Å². The van der Waals surface area contributed by atoms with Gasteiger partial charge in [-0.25, -0.2) is 4.98 Å². The Labute approximate surface area is 166 Å². The van der Waals surface area contributed by atoms with Crippen LogP contribution in [0, 0.1) is 5.92 Å². The molecule has 1 saturated carbocycles. The monoisotopic (exact) mass is 452 g/mol. The highest BCUT2D eigenvalue weighted by Gasteiger charge is 2.20. The zero-order chi connectivity index (χ0) is 16.6. The van der Waals surface area contributed by atoms with Crippen LogP contribution in [0.1, 0.15) is 24.0 Å². The van der Waals surface area contributed by atoms with Crippen molar-refractivity contribution < 1.29 is 4.74 Å². The van der Waals surface area contributed by atoms with E-state index >= 15 is 0 Å². The summed E-state index contributed by atoms with van der Waals surface area (Å²) < 4.78 is 5.77. The van der Waals surface area contributed by atoms with Gasteiger partial charge in [-0.15, -0.1) is 24.0 Å². The molecule has 1 aromatic heterocycles. The molecule has 1 aliphatic carbocycles. The molecule has 0 atom stereocenters. The molecule has 0 spiro atoms. The lowest BCUT2D eigenvalue weighted by Crippen LogP contribution is -2.37. The highest BCUT2D eigenvalue weighted by Crippen LogP contribution is 2.27. The Hall–Kier alpha value is -1.83. The molecule has 25 heavy (non-hydrogen) atoms. The molecule has 1 fully saturated rings. The number of aromatic nitrogens is 1. The fourth-order valence-electron chi connectivity index (χ4n) is 2.34. The van der Waals surface area contributed by atoms with Crippen molar-refractivity contribution >= 4 is 29.9 Å². The van der Waals surface area contributed by atoms with Gasteiger partial charge in [0.1, 0.15) is 6.61 Å². The third kappa shape index (κ3) is 6.89. The van der Waals surface area contributed by atoms with E-state index in [-0.39, 0.29) is 24.0 Å². The lowest BCUT2D eigenvalue weighted by atomic mass is 10.2. The second kappa shape index (κ2) is 10.2. The van der Waals surface area contributed by atoms with Crippen molar-refractivity contribution in [3.63, 3.8) is 0 Å². The number of halogens is 1. The smallest absolute Gasteiger partial charge is 0.213 e. The Kier molecular flexibility index (Phi) is 7.97. The van der Waals surface area contributed by atoms with Crippen molar-refractivity contribution in [2.75, 3.05) is 13.6 Å². The van der Waals surface area contributed by atoms with Crippen molar-refractivity contribution in [3.05, 3.63) is 59.8 Å². The number of rotatable bonds is 7. The van der Waals surface area contributed by atoms with Crippen LogP contribution >= 0.6 is 24.0 Å². The average Bonchev–Trinajstić information content (AvgIpc) is 3.46. The fourth-order valence-corrected chi connectivity index (χ4v) is 2.34. The third-order valence-electron chi connectivity index (χ3n) is 3.97. The highest BCUT2D eigenvalue weighted by molar-refractivity contribution is 14.0. The van der Waals surface area contributed by atoms with Crippen LogP contribution in [0.5, 0.6) is 5.88 Å². The molecule has 1 aliphatic rings. The first-order valence-corrected chi connectivity index (χ1v) is 8.39. The molecule has 0 aliphatic heterocycles. The molecule has 2 N–H and O–H groups in total. The SMILES string of the molecule is CN=C(NCc1ccnc(OCc2ccccc2)c1)NCC1CC1.I. The van der Waals surface area contributed by atoms with Gasteiger partial charge in [0.05, 0.1) is 0 Å². The molecule has 2 aromatic rings. The van der Waals surface area contributed by atoms with Crippen LogP contribution in [0.3, 0.4) is 0 Å². The summed E-state index contributed by atoms with van der Waals surface area (Å²) in [6.45, 7) is 2.21. The van der Waals surface area contributed by atoms with Crippen molar-refractivity contribution in [1.82, 2.24) is 15.6 Å². The Morgan fingerprint density at radius 3 is 2.68 bits per heavy atom. The van der Waals surface area contributed by atoms with Gasteiger partial charge < -0.3 is 15.4 Å². The first-order valence-electron chi connectivity index (χ1n) is 8.39. The summed E-state index contributed by atoms with van der Waals surface area (Å²) in [6, 6.07) is 14.0. The van der Waals surface area contributed by atoms with Crippen molar-refractivity contribution in [2.24, 2.45) is 10.9 Å². The van der Waals surface area contributed by atoms with Crippen molar-refractivity contribution in [2.45, 2.75) is 26.0 Å². The number of ether oxygens (including phenoxy) is 1. The van der Waals surface area contributed by atoms with E-state index in [0.29, 0.717) is 19.0 Å². The van der Waals surface area contributed by atoms with Crippen molar-refractivity contribution in [3.8, 4) is 5.88 Å². The predicted molar refractivity (Wildman–Crippen MR) is 111 cm³/mol. The fraction of sp³-hybridized carbons (Fsp3) is 0.368. The standard InChI is InChI=1S/C19H24N4O.HI/c1-20-19(22-12-15-7-8-15)23-13-17-9-10-21-18(11-17)24-14-16-5-3-2-4-6-16;/h2-6,9-11,15H,7-8,12-14H2,1H3,(H2,20,22,23);1H. The topological polar surface area (TPSA) is 58.5 Å². The number of nitrogens with one attached hydrogen (secondary N) is 2. The molecule has 134 valence electrons. The van der Waals surface area contributed by atoms with E-state index in [0.717, 1.165) is 29.5 Å². The molecule has 0 unspecified atom stereocenters. The van der Waals surface area contributed by atoms with Crippen LogP contribution < -0.4 is 15.4 Å². The van der Waals surface area contributed by atoms with Crippen LogP contribution in [0.25, 0.3) is 0 Å². The minimum atomic E-state index is 0. The van der Waals surface area contributed by atoms with Gasteiger partial charge in [-0.1, -0.05) is 30.3 Å². The third-order valence-corrected chi connectivity index (χ3v) is 3.97. The zero-order valence-corrected chi connectivity index (χ0v) is 16.8. The number of benzene rings is 1. The molecule has 1 aromatic carbocycles. The summed E-state index contributed by atoms with van der Waals surface area (Å²) in [5, 5.41) is 6.68. The van der Waals surface area contributed by atoms with Gasteiger partial charge in [-0.2, -0.15) is 0 Å². The van der Waals surface area contributed by atoms with Gasteiger partial charge >= 0.3 is 0 Å². The van der Waals surface area contributed by atoms with E-state index in [4.69, 9.17) is 4.74 Å². The minimum Gasteiger partial charge on any atom is -0.473 e. The lowest BCUT2D eigenvalue weighted by molar-refractivity contribution is 0.293. The van der Waals surface area contributed by atoms with Crippen LogP contribution in [0.4, 0.5) is 0 Å². The molecule has 0 saturated heterocycles. The van der Waals surface area contributed by atoms with Crippen LogP contribution in [0.15, 0.2) is 53.7 Å². The van der Waals surface area contributed by atoms with E-state index in [2.05, 4.69) is 20.6 Å². The summed E-state index contributed by atoms with van der Waals surface area (Å²) >= 11 is 0. The summed E-state index contributed by atoms with van der Waals surface area (Å²) in [6.07, 6.45) is 4.44. The highest BCUT2D eigenvalue weighted by atomic mass is 127. The number of guanidine groups is 1. The number of nitrogens with zero attached hydrogens (tertiary/aromatic N) is 2. The zero-order valence-electron chi connectivity index (χ0n) is 14.4. The number of hydrogen-bond acceptors (Lipinski definition) is 3. The molecule has 6 heteroatoms. The molecule has 0 radical (unpaired) electrons. The van der Waals surface area contributed by atoms with Gasteiger partial charge in [0, 0.05) is 32.4 Å². The molecule has 5 nitrogen and oxygen atoms in total. The first kappa shape index (κ1) is 19.5. The second-order valence-electron chi connectivity index (χ2n) is 6.03. The summed E-state index contributed by atoms with van der Waals surface area (Å²) in [5.74, 6) is 2.30. The molecule has 3 rings (SSSR count). The van der Waals surface area contributed by atoms with Gasteiger partial charge in [-0.3, -0.25) is 4.99 Å². The minimum absolute atomic E-state index is 0. The molecule has 1 heterocycles. The molecule has 0 amide bonds. The van der Waals surface area contributed by atoms with Gasteiger partial charge in [-0.05, 0) is 36.0 Å². The summed E-state index contributed by atoms with van der Waals surface area (Å²) in [7, 11) is 1.79. The molecule has 0 bridgehead atoms. The van der Waals surface area contributed by atoms with Crippen LogP contribution in [-0.4, -0.2) is 24.5 Å². The number of hydrogen-bond donors (Lipinski definition) is 2. The van der Waals surface area contributed by atoms with Crippen LogP contribution in [0.2, 0.25) is 0 Å². The maximum atomic E-state index is 5.77. The maximum absolute atomic E-state index is 5.77. The molecular formula is C19H25IN4O. The Bertz CT molecular complexity index is 674. The van der Waals surface area contributed by atoms with E-state index in [1.807, 2.05) is 42.5 Å². The second-order valence-corrected chi connectivity index (χ2v) is 6.03. The Balaban J connectivity index is 0.00000225. The lowest BCUT2D eigenvalue weighted by Gasteiger charge is -2.12. The Morgan fingerprint density at radius 1 is 1.16 bits per heavy atom. The van der Waals surface area contributed by atoms with E-state index < -0.39 is 0 Å². The van der Waals surface area contributed by atoms with E-state index in [1.165, 1.54) is 12.8 Å². The normalized spacial score (nSPS) is 13.7. The van der Waals surface area contributed by atoms with E-state index in [9.17, 15) is 0 Å². The van der Waals surface area contributed by atoms with Gasteiger partial charge in [0.25, 0.3) is 0 Å². The average molecular weight is 452 g/mol. The maximum Gasteiger partial charge on any atom is 0.213 e. The van der Waals surface area contributed by atoms with Crippen LogP contribution in [-0.2, 0) is 13.2 Å². The largest absolute Gasteiger partial charge is 0.473 e. The van der Waals surface area contributed by atoms with Gasteiger partial charge in [0.2, 0.25) is 5.88 Å². The summed E-state index contributed by atoms with van der Waals surface area (Å²) in [5.41, 5.74) is 2.25. The van der Waals surface area contributed by atoms with E-state index in [1.54, 1.807) is 13.2 Å². The number of aliphatic imine (C=N–C) groups is 1. The Morgan fingerprint density at radius 2 is 1.96 bits per heavy atom. The quantitative estimate of drug-likeness (QED) is 0.385. The molecular weight excluding hydrogens is 427 g/mol. The summed E-state index contributed by atoms with van der Waals surface area (Å²) in [4.78, 5) is 8.52. The first-order chi connectivity index (χ1) is 11.8. The predicted octanol–water partition coefficient (Wildman–Crippen LogP) is 3.35.